The highest BCUT2D eigenvalue weighted by Crippen LogP contribution is 2.27. The summed E-state index contributed by atoms with van der Waals surface area (Å²) >= 11 is 0. The van der Waals surface area contributed by atoms with Crippen molar-refractivity contribution < 1.29 is 18.3 Å². The van der Waals surface area contributed by atoms with Gasteiger partial charge in [0.15, 0.2) is 9.84 Å². The van der Waals surface area contributed by atoms with E-state index < -0.39 is 15.8 Å². The van der Waals surface area contributed by atoms with Gasteiger partial charge in [-0.15, -0.1) is 0 Å². The van der Waals surface area contributed by atoms with E-state index in [1.807, 2.05) is 4.90 Å². The zero-order chi connectivity index (χ0) is 14.6. The van der Waals surface area contributed by atoms with Crippen LogP contribution in [0, 0.1) is 0 Å². The molecule has 20 heavy (non-hydrogen) atoms. The lowest BCUT2D eigenvalue weighted by molar-refractivity contribution is -0.139. The molecule has 0 amide bonds. The van der Waals surface area contributed by atoms with E-state index in [9.17, 15) is 13.2 Å². The lowest BCUT2D eigenvalue weighted by Crippen LogP contribution is -2.47. The molecule has 6 heteroatoms. The van der Waals surface area contributed by atoms with Gasteiger partial charge in [-0.25, -0.2) is 8.42 Å². The molecule has 1 aliphatic carbocycles. The van der Waals surface area contributed by atoms with Gasteiger partial charge in [0.1, 0.15) is 0 Å². The third kappa shape index (κ3) is 4.45. The summed E-state index contributed by atoms with van der Waals surface area (Å²) in [5.41, 5.74) is 0. The molecule has 0 spiro atoms. The number of nitrogens with zero attached hydrogens (tertiary/aromatic N) is 1. The summed E-state index contributed by atoms with van der Waals surface area (Å²) in [6.45, 7) is -0.0230. The Kier molecular flexibility index (Phi) is 5.43. The van der Waals surface area contributed by atoms with E-state index in [1.165, 1.54) is 19.3 Å². The predicted octanol–water partition coefficient (Wildman–Crippen LogP) is 1.67. The highest BCUT2D eigenvalue weighted by Gasteiger charge is 2.36. The van der Waals surface area contributed by atoms with Crippen LogP contribution < -0.4 is 0 Å². The molecule has 5 nitrogen and oxygen atoms in total. The third-order valence-electron chi connectivity index (χ3n) is 4.54. The lowest BCUT2D eigenvalue weighted by Gasteiger charge is -2.35. The summed E-state index contributed by atoms with van der Waals surface area (Å²) in [4.78, 5) is 13.1. The Labute approximate surface area is 121 Å². The maximum Gasteiger partial charge on any atom is 0.317 e. The van der Waals surface area contributed by atoms with E-state index in [2.05, 4.69) is 0 Å². The van der Waals surface area contributed by atoms with Crippen LogP contribution in [0.15, 0.2) is 0 Å². The highest BCUT2D eigenvalue weighted by molar-refractivity contribution is 7.91. The van der Waals surface area contributed by atoms with Crippen molar-refractivity contribution in [1.29, 1.82) is 0 Å². The molecular formula is C14H25NO4S. The highest BCUT2D eigenvalue weighted by atomic mass is 32.2. The van der Waals surface area contributed by atoms with Gasteiger partial charge in [-0.2, -0.15) is 0 Å². The number of hydrogen-bond donors (Lipinski definition) is 1. The second kappa shape index (κ2) is 6.89. The number of carbonyl (C=O) groups is 1. The van der Waals surface area contributed by atoms with Gasteiger partial charge in [0.25, 0.3) is 0 Å². The molecule has 1 saturated carbocycles. The average molecular weight is 303 g/mol. The van der Waals surface area contributed by atoms with Crippen LogP contribution in [0.25, 0.3) is 0 Å². The molecule has 1 aliphatic heterocycles. The van der Waals surface area contributed by atoms with E-state index in [-0.39, 0.29) is 30.1 Å². The first kappa shape index (κ1) is 15.8. The SMILES string of the molecule is O=C(O)CN(C1CCCCCCC1)C1CCS(=O)(=O)C1. The summed E-state index contributed by atoms with van der Waals surface area (Å²) in [7, 11) is -2.97. The van der Waals surface area contributed by atoms with Crippen LogP contribution in [0.5, 0.6) is 0 Å². The molecule has 2 fully saturated rings. The summed E-state index contributed by atoms with van der Waals surface area (Å²) in [6.07, 6.45) is 8.53. The Hall–Kier alpha value is -0.620. The second-order valence-electron chi connectivity index (χ2n) is 6.12. The van der Waals surface area contributed by atoms with Crippen molar-refractivity contribution in [3.8, 4) is 0 Å². The minimum atomic E-state index is -2.97. The molecule has 1 N–H and O–H groups in total. The fourth-order valence-corrected chi connectivity index (χ4v) is 5.26. The van der Waals surface area contributed by atoms with E-state index in [4.69, 9.17) is 5.11 Å². The monoisotopic (exact) mass is 303 g/mol. The number of rotatable bonds is 4. The van der Waals surface area contributed by atoms with E-state index in [1.54, 1.807) is 0 Å². The first-order valence-electron chi connectivity index (χ1n) is 7.66. The van der Waals surface area contributed by atoms with Crippen LogP contribution >= 0.6 is 0 Å². The normalized spacial score (nSPS) is 28.1. The van der Waals surface area contributed by atoms with Gasteiger partial charge in [0.05, 0.1) is 18.1 Å². The number of sulfone groups is 1. The summed E-state index contributed by atoms with van der Waals surface area (Å²) < 4.78 is 23.3. The van der Waals surface area contributed by atoms with Gasteiger partial charge >= 0.3 is 5.97 Å². The molecule has 2 rings (SSSR count). The fraction of sp³-hybridized carbons (Fsp3) is 0.929. The summed E-state index contributed by atoms with van der Waals surface area (Å²) in [5.74, 6) is -0.506. The predicted molar refractivity (Wildman–Crippen MR) is 77.5 cm³/mol. The van der Waals surface area contributed by atoms with Gasteiger partial charge in [0, 0.05) is 12.1 Å². The first-order valence-corrected chi connectivity index (χ1v) is 9.48. The van der Waals surface area contributed by atoms with Gasteiger partial charge in [-0.3, -0.25) is 9.69 Å². The molecule has 0 aromatic carbocycles. The number of aliphatic carboxylic acids is 1. The van der Waals surface area contributed by atoms with Gasteiger partial charge in [-0.1, -0.05) is 32.1 Å². The zero-order valence-electron chi connectivity index (χ0n) is 12.0. The first-order chi connectivity index (χ1) is 9.48. The van der Waals surface area contributed by atoms with Crippen molar-refractivity contribution in [2.45, 2.75) is 63.5 Å². The molecule has 0 aromatic rings. The van der Waals surface area contributed by atoms with E-state index in [0.29, 0.717) is 6.42 Å². The molecule has 116 valence electrons. The Bertz CT molecular complexity index is 426. The van der Waals surface area contributed by atoms with Crippen LogP contribution in [-0.4, -0.2) is 54.5 Å². The molecule has 1 unspecified atom stereocenters. The molecule has 1 heterocycles. The Balaban J connectivity index is 2.07. The van der Waals surface area contributed by atoms with Crippen molar-refractivity contribution >= 4 is 15.8 Å². The van der Waals surface area contributed by atoms with Crippen molar-refractivity contribution in [2.24, 2.45) is 0 Å². The third-order valence-corrected chi connectivity index (χ3v) is 6.29. The minimum absolute atomic E-state index is 0.0230. The average Bonchev–Trinajstić information content (AvgIpc) is 2.66. The largest absolute Gasteiger partial charge is 0.480 e. The van der Waals surface area contributed by atoms with Crippen LogP contribution in [0.1, 0.15) is 51.4 Å². The molecule has 2 aliphatic rings. The van der Waals surface area contributed by atoms with Crippen molar-refractivity contribution in [3.05, 3.63) is 0 Å². The van der Waals surface area contributed by atoms with Crippen LogP contribution in [0.4, 0.5) is 0 Å². The van der Waals surface area contributed by atoms with Crippen molar-refractivity contribution in [2.75, 3.05) is 18.1 Å². The van der Waals surface area contributed by atoms with E-state index in [0.717, 1.165) is 25.7 Å². The van der Waals surface area contributed by atoms with Crippen LogP contribution in [0.3, 0.4) is 0 Å². The van der Waals surface area contributed by atoms with E-state index >= 15 is 0 Å². The van der Waals surface area contributed by atoms with Crippen molar-refractivity contribution in [3.63, 3.8) is 0 Å². The summed E-state index contributed by atoms with van der Waals surface area (Å²) in [5, 5.41) is 9.14. The van der Waals surface area contributed by atoms with Crippen LogP contribution in [0.2, 0.25) is 0 Å². The number of carboxylic acids is 1. The molecule has 0 radical (unpaired) electrons. The molecule has 1 saturated heterocycles. The molecule has 0 aromatic heterocycles. The second-order valence-corrected chi connectivity index (χ2v) is 8.35. The lowest BCUT2D eigenvalue weighted by atomic mass is 9.94. The Morgan fingerprint density at radius 2 is 1.60 bits per heavy atom. The van der Waals surface area contributed by atoms with Gasteiger partial charge in [-0.05, 0) is 19.3 Å². The summed E-state index contributed by atoms with van der Waals surface area (Å²) in [6, 6.07) is 0.144. The quantitative estimate of drug-likeness (QED) is 0.855. The minimum Gasteiger partial charge on any atom is -0.480 e. The Morgan fingerprint density at radius 1 is 1.00 bits per heavy atom. The fourth-order valence-electron chi connectivity index (χ4n) is 3.52. The maximum absolute atomic E-state index is 11.7. The topological polar surface area (TPSA) is 74.7 Å². The van der Waals surface area contributed by atoms with Crippen LogP contribution in [-0.2, 0) is 14.6 Å². The number of carboxylic acid groups (broad SMARTS) is 1. The van der Waals surface area contributed by atoms with Crippen molar-refractivity contribution in [1.82, 2.24) is 4.90 Å². The Morgan fingerprint density at radius 3 is 2.10 bits per heavy atom. The molecule has 1 atom stereocenters. The van der Waals surface area contributed by atoms with Gasteiger partial charge < -0.3 is 5.11 Å². The standard InChI is InChI=1S/C14H25NO4S/c16-14(17)10-15(13-8-9-20(18,19)11-13)12-6-4-2-1-3-5-7-12/h12-13H,1-11H2,(H,16,17). The molecular weight excluding hydrogens is 278 g/mol. The van der Waals surface area contributed by atoms with Gasteiger partial charge in [0.2, 0.25) is 0 Å². The smallest absolute Gasteiger partial charge is 0.317 e. The maximum atomic E-state index is 11.7. The molecule has 0 bridgehead atoms. The number of hydrogen-bond acceptors (Lipinski definition) is 4. The zero-order valence-corrected chi connectivity index (χ0v) is 12.8.